The number of carboxylic acid groups (broad SMARTS) is 1. The Labute approximate surface area is 233 Å². The summed E-state index contributed by atoms with van der Waals surface area (Å²) < 4.78 is 55.2. The molecule has 4 aromatic carbocycles. The fourth-order valence-electron chi connectivity index (χ4n) is 4.96. The largest absolute Gasteiger partial charge is 0.573 e. The molecule has 0 radical (unpaired) electrons. The SMILES string of the molecule is COc1cccc(Oc2ccc(C3Cc4ccccc4N(c4ccccc4OC(F)(F)F)C3C(=O)O)cc2)c1Cl. The maximum absolute atomic E-state index is 13.3. The number of hydrogen-bond donors (Lipinski definition) is 1. The molecular weight excluding hydrogens is 547 g/mol. The molecule has 1 N–H and O–H groups in total. The Kier molecular flexibility index (Phi) is 7.49. The van der Waals surface area contributed by atoms with Gasteiger partial charge in [0.25, 0.3) is 0 Å². The van der Waals surface area contributed by atoms with Crippen LogP contribution in [-0.2, 0) is 11.2 Å². The molecule has 10 heteroatoms. The van der Waals surface area contributed by atoms with Gasteiger partial charge in [-0.05, 0) is 60.0 Å². The van der Waals surface area contributed by atoms with Crippen molar-refractivity contribution < 1.29 is 37.3 Å². The highest BCUT2D eigenvalue weighted by Crippen LogP contribution is 2.47. The van der Waals surface area contributed by atoms with Gasteiger partial charge in [-0.1, -0.05) is 60.1 Å². The third-order valence-electron chi connectivity index (χ3n) is 6.64. The molecule has 5 rings (SSSR count). The minimum Gasteiger partial charge on any atom is -0.495 e. The van der Waals surface area contributed by atoms with E-state index in [0.29, 0.717) is 39.9 Å². The molecule has 2 unspecified atom stereocenters. The number of halogens is 4. The fraction of sp³-hybridized carbons (Fsp3) is 0.167. The number of para-hydroxylation sites is 3. The van der Waals surface area contributed by atoms with Gasteiger partial charge < -0.3 is 24.2 Å². The summed E-state index contributed by atoms with van der Waals surface area (Å²) in [7, 11) is 1.50. The van der Waals surface area contributed by atoms with Gasteiger partial charge in [-0.3, -0.25) is 0 Å². The van der Waals surface area contributed by atoms with Crippen LogP contribution in [0.25, 0.3) is 0 Å². The summed E-state index contributed by atoms with van der Waals surface area (Å²) in [5, 5.41) is 10.7. The summed E-state index contributed by atoms with van der Waals surface area (Å²) in [4.78, 5) is 14.2. The maximum Gasteiger partial charge on any atom is 0.573 e. The van der Waals surface area contributed by atoms with Gasteiger partial charge in [0.05, 0.1) is 12.8 Å². The van der Waals surface area contributed by atoms with Crippen LogP contribution in [0.3, 0.4) is 0 Å². The molecule has 1 aliphatic heterocycles. The van der Waals surface area contributed by atoms with Crippen LogP contribution < -0.4 is 19.1 Å². The topological polar surface area (TPSA) is 68.2 Å². The Bertz CT molecular complexity index is 1530. The van der Waals surface area contributed by atoms with Crippen molar-refractivity contribution in [3.05, 3.63) is 107 Å². The number of hydrogen-bond acceptors (Lipinski definition) is 5. The highest BCUT2D eigenvalue weighted by molar-refractivity contribution is 6.33. The highest BCUT2D eigenvalue weighted by atomic mass is 35.5. The first-order chi connectivity index (χ1) is 19.2. The van der Waals surface area contributed by atoms with E-state index in [-0.39, 0.29) is 5.69 Å². The average Bonchev–Trinajstić information content (AvgIpc) is 2.93. The van der Waals surface area contributed by atoms with Crippen LogP contribution in [-0.4, -0.2) is 30.6 Å². The normalized spacial score (nSPS) is 16.7. The van der Waals surface area contributed by atoms with Gasteiger partial charge in [0.2, 0.25) is 0 Å². The Balaban J connectivity index is 1.54. The van der Waals surface area contributed by atoms with Gasteiger partial charge >= 0.3 is 12.3 Å². The number of alkyl halides is 3. The molecule has 1 heterocycles. The number of methoxy groups -OCH3 is 1. The van der Waals surface area contributed by atoms with E-state index in [0.717, 1.165) is 5.56 Å². The minimum atomic E-state index is -4.95. The summed E-state index contributed by atoms with van der Waals surface area (Å²) in [5.41, 5.74) is 1.95. The highest BCUT2D eigenvalue weighted by Gasteiger charge is 2.42. The number of nitrogens with zero attached hydrogens (tertiary/aromatic N) is 1. The molecule has 0 saturated carbocycles. The van der Waals surface area contributed by atoms with Crippen LogP contribution in [0.1, 0.15) is 17.0 Å². The predicted octanol–water partition coefficient (Wildman–Crippen LogP) is 7.97. The number of aliphatic carboxylic acids is 1. The van der Waals surface area contributed by atoms with Crippen molar-refractivity contribution >= 4 is 28.9 Å². The van der Waals surface area contributed by atoms with Gasteiger partial charge in [0.1, 0.15) is 28.3 Å². The lowest BCUT2D eigenvalue weighted by Gasteiger charge is -2.42. The lowest BCUT2D eigenvalue weighted by atomic mass is 9.80. The lowest BCUT2D eigenvalue weighted by molar-refractivity contribution is -0.274. The molecule has 1 aliphatic rings. The second-order valence-corrected chi connectivity index (χ2v) is 9.43. The minimum absolute atomic E-state index is 0.00278. The van der Waals surface area contributed by atoms with Crippen molar-refractivity contribution in [2.75, 3.05) is 12.0 Å². The monoisotopic (exact) mass is 569 g/mol. The van der Waals surface area contributed by atoms with Crippen molar-refractivity contribution in [1.82, 2.24) is 0 Å². The number of carboxylic acids is 1. The van der Waals surface area contributed by atoms with E-state index in [2.05, 4.69) is 4.74 Å². The molecule has 206 valence electrons. The van der Waals surface area contributed by atoms with E-state index in [1.54, 1.807) is 60.7 Å². The van der Waals surface area contributed by atoms with Gasteiger partial charge in [0.15, 0.2) is 5.75 Å². The van der Waals surface area contributed by atoms with Crippen molar-refractivity contribution in [1.29, 1.82) is 0 Å². The zero-order chi connectivity index (χ0) is 28.4. The number of ether oxygens (including phenoxy) is 3. The van der Waals surface area contributed by atoms with Crippen LogP contribution in [0.5, 0.6) is 23.0 Å². The van der Waals surface area contributed by atoms with Crippen molar-refractivity contribution in [3.8, 4) is 23.0 Å². The number of rotatable bonds is 7. The second-order valence-electron chi connectivity index (χ2n) is 9.05. The van der Waals surface area contributed by atoms with Crippen LogP contribution in [0, 0.1) is 0 Å². The van der Waals surface area contributed by atoms with E-state index in [4.69, 9.17) is 21.1 Å². The second kappa shape index (κ2) is 11.0. The molecule has 0 aliphatic carbocycles. The Morgan fingerprint density at radius 2 is 1.50 bits per heavy atom. The number of fused-ring (bicyclic) bond motifs is 1. The zero-order valence-corrected chi connectivity index (χ0v) is 21.8. The number of carbonyl (C=O) groups is 1. The van der Waals surface area contributed by atoms with Gasteiger partial charge in [-0.25, -0.2) is 4.79 Å². The first kappa shape index (κ1) is 27.2. The molecule has 0 bridgehead atoms. The Morgan fingerprint density at radius 1 is 0.875 bits per heavy atom. The van der Waals surface area contributed by atoms with Crippen LogP contribution >= 0.6 is 11.6 Å². The zero-order valence-electron chi connectivity index (χ0n) is 21.1. The van der Waals surface area contributed by atoms with Crippen molar-refractivity contribution in [3.63, 3.8) is 0 Å². The van der Waals surface area contributed by atoms with Gasteiger partial charge in [0, 0.05) is 11.6 Å². The molecule has 4 aromatic rings. The lowest BCUT2D eigenvalue weighted by Crippen LogP contribution is -2.47. The first-order valence-corrected chi connectivity index (χ1v) is 12.6. The van der Waals surface area contributed by atoms with Gasteiger partial charge in [-0.2, -0.15) is 0 Å². The van der Waals surface area contributed by atoms with E-state index in [1.165, 1.54) is 30.2 Å². The van der Waals surface area contributed by atoms with Crippen molar-refractivity contribution in [2.24, 2.45) is 0 Å². The van der Waals surface area contributed by atoms with E-state index >= 15 is 0 Å². The van der Waals surface area contributed by atoms with Gasteiger partial charge in [-0.15, -0.1) is 13.2 Å². The summed E-state index contributed by atoms with van der Waals surface area (Å²) in [5.74, 6) is -0.990. The van der Waals surface area contributed by atoms with Crippen LogP contribution in [0.4, 0.5) is 24.5 Å². The molecule has 40 heavy (non-hydrogen) atoms. The molecule has 6 nitrogen and oxygen atoms in total. The van der Waals surface area contributed by atoms with Crippen LogP contribution in [0.15, 0.2) is 91.0 Å². The summed E-state index contributed by atoms with van der Waals surface area (Å²) in [6.45, 7) is 0. The average molecular weight is 570 g/mol. The molecule has 0 saturated heterocycles. The Morgan fingerprint density at radius 3 is 2.17 bits per heavy atom. The third-order valence-corrected chi connectivity index (χ3v) is 7.01. The quantitative estimate of drug-likeness (QED) is 0.243. The Hall–Kier alpha value is -4.37. The third kappa shape index (κ3) is 5.51. The smallest absolute Gasteiger partial charge is 0.495 e. The molecule has 0 spiro atoms. The molecular formula is C30H23ClF3NO5. The van der Waals surface area contributed by atoms with E-state index in [1.807, 2.05) is 12.1 Å². The van der Waals surface area contributed by atoms with E-state index < -0.39 is 30.0 Å². The molecule has 0 amide bonds. The maximum atomic E-state index is 13.3. The first-order valence-electron chi connectivity index (χ1n) is 12.2. The molecule has 0 fully saturated rings. The number of anilines is 2. The van der Waals surface area contributed by atoms with Crippen LogP contribution in [0.2, 0.25) is 5.02 Å². The summed E-state index contributed by atoms with van der Waals surface area (Å²) in [6.07, 6.45) is -4.60. The predicted molar refractivity (Wildman–Crippen MR) is 144 cm³/mol. The summed E-state index contributed by atoms with van der Waals surface area (Å²) >= 11 is 6.34. The van der Waals surface area contributed by atoms with Crippen molar-refractivity contribution in [2.45, 2.75) is 24.7 Å². The molecule has 0 aromatic heterocycles. The molecule has 2 atom stereocenters. The summed E-state index contributed by atoms with van der Waals surface area (Å²) in [6, 6.07) is 23.4. The standard InChI is InChI=1S/C30H23ClF3NO5/c1-38-25-11-6-12-26(27(25)31)39-20-15-13-18(14-16-20)21-17-19-7-2-3-8-22(19)35(28(21)29(36)37)23-9-4-5-10-24(23)40-30(32,33)34/h2-16,21,28H,17H2,1H3,(H,36,37). The number of benzene rings is 4. The van der Waals surface area contributed by atoms with E-state index in [9.17, 15) is 23.1 Å². The fourth-order valence-corrected chi connectivity index (χ4v) is 5.21.